The van der Waals surface area contributed by atoms with Gasteiger partial charge in [-0.25, -0.2) is 13.6 Å². The van der Waals surface area contributed by atoms with Crippen LogP contribution < -0.4 is 24.7 Å². The zero-order valence-electron chi connectivity index (χ0n) is 26.0. The van der Waals surface area contributed by atoms with Crippen LogP contribution in [0, 0.1) is 5.92 Å². The van der Waals surface area contributed by atoms with Crippen LogP contribution in [0.1, 0.15) is 47.2 Å². The molecule has 1 aliphatic carbocycles. The van der Waals surface area contributed by atoms with Gasteiger partial charge in [0.25, 0.3) is 0 Å². The van der Waals surface area contributed by atoms with Crippen molar-refractivity contribution in [1.29, 1.82) is 0 Å². The fourth-order valence-corrected chi connectivity index (χ4v) is 7.20. The number of carbonyl (C=O) groups is 3. The van der Waals surface area contributed by atoms with Crippen LogP contribution in [0.2, 0.25) is 5.02 Å². The number of halogens is 1. The van der Waals surface area contributed by atoms with Crippen LogP contribution in [0.5, 0.6) is 17.2 Å². The molecule has 3 aromatic carbocycles. The number of benzene rings is 3. The first-order valence-electron chi connectivity index (χ1n) is 14.4. The molecular formula is C33H33ClN2O9S2. The maximum absolute atomic E-state index is 14.3. The van der Waals surface area contributed by atoms with Crippen molar-refractivity contribution in [2.45, 2.75) is 47.6 Å². The van der Waals surface area contributed by atoms with Crippen LogP contribution in [0.4, 0.5) is 0 Å². The number of fused-ring (bicyclic) bond motifs is 1. The van der Waals surface area contributed by atoms with Crippen LogP contribution >= 0.6 is 23.4 Å². The molecule has 0 radical (unpaired) electrons. The highest BCUT2D eigenvalue weighted by Crippen LogP contribution is 2.55. The number of sulfonamides is 1. The second kappa shape index (κ2) is 13.2. The minimum Gasteiger partial charge on any atom is -0.507 e. The summed E-state index contributed by atoms with van der Waals surface area (Å²) in [7, 11) is -1.10. The normalized spacial score (nSPS) is 19.7. The molecule has 1 heterocycles. The Morgan fingerprint density at radius 2 is 1.77 bits per heavy atom. The Morgan fingerprint density at radius 3 is 2.34 bits per heavy atom. The SMILES string of the molecule is COc1cc(OC)c2c(c1Cl)O[C@]1(C2=O)C(O)=C(C(CC(=O)NCc2ccc(S(N)(=O)=O)cc2)c2ccc(SC)cc2)C(=O)C[C@H]1C. The number of ether oxygens (including phenoxy) is 3. The molecular weight excluding hydrogens is 668 g/mol. The summed E-state index contributed by atoms with van der Waals surface area (Å²) < 4.78 is 40.3. The summed E-state index contributed by atoms with van der Waals surface area (Å²) in [5.41, 5.74) is -0.934. The standard InChI is InChI=1S/C33H33ClN2O9S2/c1-17-13-23(37)27(31(39)33(17)32(40)28-24(43-2)15-25(44-3)29(34)30(28)45-33)22(19-7-9-20(46-4)10-8-19)14-26(38)36-16-18-5-11-21(12-6-18)47(35,41)42/h5-12,15,17,22,39H,13-14,16H2,1-4H3,(H,36,38)(H2,35,41,42)/t17-,22?,33+/m1/s1. The van der Waals surface area contributed by atoms with E-state index in [0.29, 0.717) is 11.1 Å². The number of hydrogen-bond donors (Lipinski definition) is 3. The summed E-state index contributed by atoms with van der Waals surface area (Å²) in [4.78, 5) is 42.3. The molecule has 4 N–H and O–H groups in total. The lowest BCUT2D eigenvalue weighted by Crippen LogP contribution is -2.53. The molecule has 3 atom stereocenters. The largest absolute Gasteiger partial charge is 0.507 e. The first-order chi connectivity index (χ1) is 22.3. The van der Waals surface area contributed by atoms with Crippen molar-refractivity contribution in [1.82, 2.24) is 5.32 Å². The topological polar surface area (TPSA) is 171 Å². The molecule has 1 spiro atoms. The molecule has 0 saturated heterocycles. The predicted octanol–water partition coefficient (Wildman–Crippen LogP) is 4.95. The van der Waals surface area contributed by atoms with Gasteiger partial charge in [0.15, 0.2) is 17.3 Å². The van der Waals surface area contributed by atoms with Gasteiger partial charge in [-0.3, -0.25) is 14.4 Å². The zero-order valence-corrected chi connectivity index (χ0v) is 28.3. The van der Waals surface area contributed by atoms with E-state index in [9.17, 15) is 27.9 Å². The number of nitrogens with one attached hydrogen (secondary N) is 1. The molecule has 14 heteroatoms. The quantitative estimate of drug-likeness (QED) is 0.246. The number of ketones is 2. The molecule has 0 aromatic heterocycles. The second-order valence-corrected chi connectivity index (χ2v) is 14.1. The van der Waals surface area contributed by atoms with E-state index in [2.05, 4.69) is 5.32 Å². The minimum absolute atomic E-state index is 0.00709. The number of nitrogens with two attached hydrogens (primary N) is 1. The zero-order chi connectivity index (χ0) is 34.3. The Bertz CT molecular complexity index is 1890. The van der Waals surface area contributed by atoms with E-state index >= 15 is 0 Å². The van der Waals surface area contributed by atoms with Crippen molar-refractivity contribution in [2.75, 3.05) is 20.5 Å². The Labute approximate surface area is 281 Å². The van der Waals surface area contributed by atoms with Crippen molar-refractivity contribution < 1.29 is 42.1 Å². The van der Waals surface area contributed by atoms with Gasteiger partial charge in [0.2, 0.25) is 27.3 Å². The summed E-state index contributed by atoms with van der Waals surface area (Å²) in [6.07, 6.45) is 1.49. The number of hydrogen-bond acceptors (Lipinski definition) is 10. The van der Waals surface area contributed by atoms with E-state index < -0.39 is 50.7 Å². The molecule has 248 valence electrons. The maximum atomic E-state index is 14.3. The number of thioether (sulfide) groups is 1. The highest BCUT2D eigenvalue weighted by Gasteiger charge is 2.61. The van der Waals surface area contributed by atoms with Crippen molar-refractivity contribution in [2.24, 2.45) is 11.1 Å². The number of Topliss-reactive ketones (excluding diaryl/α,β-unsaturated/α-hetero) is 2. The lowest BCUT2D eigenvalue weighted by molar-refractivity contribution is -0.122. The number of carbonyl (C=O) groups excluding carboxylic acids is 3. The fraction of sp³-hybridized carbons (Fsp3) is 0.303. The van der Waals surface area contributed by atoms with Gasteiger partial charge in [0, 0.05) is 47.8 Å². The second-order valence-electron chi connectivity index (χ2n) is 11.3. The summed E-state index contributed by atoms with van der Waals surface area (Å²) >= 11 is 8.08. The van der Waals surface area contributed by atoms with Crippen molar-refractivity contribution in [3.63, 3.8) is 0 Å². The summed E-state index contributed by atoms with van der Waals surface area (Å²) in [5.74, 6) is -3.60. The van der Waals surface area contributed by atoms with Crippen molar-refractivity contribution in [3.8, 4) is 17.2 Å². The van der Waals surface area contributed by atoms with Gasteiger partial charge in [0.1, 0.15) is 22.1 Å². The molecule has 5 rings (SSSR count). The number of methoxy groups -OCH3 is 2. The Kier molecular flexibility index (Phi) is 9.65. The average Bonchev–Trinajstić information content (AvgIpc) is 3.37. The first kappa shape index (κ1) is 34.3. The van der Waals surface area contributed by atoms with Gasteiger partial charge in [-0.15, -0.1) is 11.8 Å². The molecule has 1 aliphatic heterocycles. The van der Waals surface area contributed by atoms with Gasteiger partial charge in [-0.1, -0.05) is 42.8 Å². The molecule has 0 fully saturated rings. The molecule has 3 aromatic rings. The van der Waals surface area contributed by atoms with Crippen LogP contribution in [0.3, 0.4) is 0 Å². The lowest BCUT2D eigenvalue weighted by atomic mass is 9.69. The molecule has 2 aliphatic rings. The predicted molar refractivity (Wildman–Crippen MR) is 176 cm³/mol. The van der Waals surface area contributed by atoms with Crippen LogP contribution in [-0.4, -0.2) is 57.1 Å². The number of aliphatic hydroxyl groups is 1. The van der Waals surface area contributed by atoms with Crippen molar-refractivity contribution >= 4 is 50.9 Å². The monoisotopic (exact) mass is 700 g/mol. The maximum Gasteiger partial charge on any atom is 0.238 e. The van der Waals surface area contributed by atoms with Gasteiger partial charge >= 0.3 is 0 Å². The Balaban J connectivity index is 1.55. The highest BCUT2D eigenvalue weighted by atomic mass is 35.5. The highest BCUT2D eigenvalue weighted by molar-refractivity contribution is 7.98. The smallest absolute Gasteiger partial charge is 0.238 e. The van der Waals surface area contributed by atoms with Crippen molar-refractivity contribution in [3.05, 3.63) is 87.6 Å². The third-order valence-corrected chi connectivity index (χ3v) is 10.5. The van der Waals surface area contributed by atoms with Gasteiger partial charge in [-0.2, -0.15) is 0 Å². The first-order valence-corrected chi connectivity index (χ1v) is 17.6. The third kappa shape index (κ3) is 6.20. The third-order valence-electron chi connectivity index (χ3n) is 8.51. The summed E-state index contributed by atoms with van der Waals surface area (Å²) in [5, 5.41) is 20.0. The molecule has 11 nitrogen and oxygen atoms in total. The average molecular weight is 701 g/mol. The van der Waals surface area contributed by atoms with Crippen LogP contribution in [0.25, 0.3) is 0 Å². The van der Waals surface area contributed by atoms with Crippen LogP contribution in [-0.2, 0) is 26.2 Å². The summed E-state index contributed by atoms with van der Waals surface area (Å²) in [6, 6.07) is 14.4. The Hall–Kier alpha value is -4.04. The number of primary sulfonamides is 1. The number of rotatable bonds is 10. The van der Waals surface area contributed by atoms with E-state index in [1.807, 2.05) is 18.4 Å². The number of allylic oxidation sites excluding steroid dienone is 1. The van der Waals surface area contributed by atoms with Gasteiger partial charge < -0.3 is 24.6 Å². The lowest BCUT2D eigenvalue weighted by Gasteiger charge is -2.38. The van der Waals surface area contributed by atoms with Crippen LogP contribution in [0.15, 0.2) is 75.7 Å². The molecule has 1 unspecified atom stereocenters. The van der Waals surface area contributed by atoms with E-state index in [1.54, 1.807) is 19.1 Å². The van der Waals surface area contributed by atoms with Gasteiger partial charge in [-0.05, 0) is 41.6 Å². The van der Waals surface area contributed by atoms with E-state index in [0.717, 1.165) is 4.90 Å². The molecule has 47 heavy (non-hydrogen) atoms. The fourth-order valence-electron chi connectivity index (χ4n) is 6.02. The molecule has 1 amide bonds. The minimum atomic E-state index is -3.87. The number of amides is 1. The van der Waals surface area contributed by atoms with E-state index in [1.165, 1.54) is 56.3 Å². The van der Waals surface area contributed by atoms with E-state index in [-0.39, 0.29) is 57.7 Å². The van der Waals surface area contributed by atoms with Gasteiger partial charge in [0.05, 0.1) is 19.1 Å². The Morgan fingerprint density at radius 1 is 1.13 bits per heavy atom. The molecule has 0 saturated carbocycles. The number of aliphatic hydroxyl groups excluding tert-OH is 1. The molecule has 0 bridgehead atoms. The van der Waals surface area contributed by atoms with E-state index in [4.69, 9.17) is 31.0 Å². The summed E-state index contributed by atoms with van der Waals surface area (Å²) in [6.45, 7) is 1.68.